The third-order valence-electron chi connectivity index (χ3n) is 2.88. The minimum Gasteiger partial charge on any atom is -0.496 e. The van der Waals surface area contributed by atoms with Gasteiger partial charge < -0.3 is 10.1 Å². The van der Waals surface area contributed by atoms with E-state index in [0.29, 0.717) is 11.6 Å². The van der Waals surface area contributed by atoms with E-state index < -0.39 is 4.92 Å². The molecule has 0 spiro atoms. The van der Waals surface area contributed by atoms with E-state index in [2.05, 4.69) is 21.2 Å². The van der Waals surface area contributed by atoms with Gasteiger partial charge in [0.15, 0.2) is 0 Å². The lowest BCUT2D eigenvalue weighted by molar-refractivity contribution is -0.384. The Hall–Kier alpha value is -1.79. The first kappa shape index (κ1) is 15.6. The number of hydrogen-bond acceptors (Lipinski definition) is 4. The lowest BCUT2D eigenvalue weighted by Gasteiger charge is -2.10. The highest BCUT2D eigenvalue weighted by Gasteiger charge is 2.09. The van der Waals surface area contributed by atoms with Crippen molar-refractivity contribution >= 4 is 38.9 Å². The summed E-state index contributed by atoms with van der Waals surface area (Å²) in [6.45, 7) is 0.468. The Morgan fingerprint density at radius 2 is 2.10 bits per heavy atom. The zero-order chi connectivity index (χ0) is 15.4. The molecule has 0 fully saturated rings. The van der Waals surface area contributed by atoms with Gasteiger partial charge in [-0.05, 0) is 45.8 Å². The van der Waals surface area contributed by atoms with Crippen LogP contribution in [-0.4, -0.2) is 12.0 Å². The molecule has 110 valence electrons. The number of methoxy groups -OCH3 is 1. The van der Waals surface area contributed by atoms with Gasteiger partial charge in [0.1, 0.15) is 5.75 Å². The molecule has 0 atom stereocenters. The maximum absolute atomic E-state index is 10.7. The standard InChI is InChI=1S/C14H12BrClN2O3/c1-21-14-5-3-10(6-12(14)15)17-8-9-2-4-11(18(19)20)7-13(9)16/h2-7,17H,8H2,1H3. The summed E-state index contributed by atoms with van der Waals surface area (Å²) in [5, 5.41) is 14.2. The summed E-state index contributed by atoms with van der Waals surface area (Å²) in [5.74, 6) is 0.744. The lowest BCUT2D eigenvalue weighted by atomic mass is 10.2. The zero-order valence-corrected chi connectivity index (χ0v) is 13.4. The summed E-state index contributed by atoms with van der Waals surface area (Å²) in [5.41, 5.74) is 1.65. The summed E-state index contributed by atoms with van der Waals surface area (Å²) < 4.78 is 6.00. The molecule has 0 radical (unpaired) electrons. The van der Waals surface area contributed by atoms with Crippen molar-refractivity contribution in [3.63, 3.8) is 0 Å². The molecule has 0 saturated carbocycles. The highest BCUT2D eigenvalue weighted by atomic mass is 79.9. The Kier molecular flexibility index (Phi) is 5.03. The van der Waals surface area contributed by atoms with Crippen LogP contribution in [0.5, 0.6) is 5.75 Å². The normalized spacial score (nSPS) is 10.2. The van der Waals surface area contributed by atoms with Gasteiger partial charge in [-0.25, -0.2) is 0 Å². The Morgan fingerprint density at radius 1 is 1.33 bits per heavy atom. The molecule has 0 aromatic heterocycles. The SMILES string of the molecule is COc1ccc(NCc2ccc([N+](=O)[O-])cc2Cl)cc1Br. The highest BCUT2D eigenvalue weighted by molar-refractivity contribution is 9.10. The van der Waals surface area contributed by atoms with E-state index in [-0.39, 0.29) is 5.69 Å². The molecule has 0 aliphatic rings. The number of nitro groups is 1. The summed E-state index contributed by atoms with van der Waals surface area (Å²) in [4.78, 5) is 10.2. The number of benzene rings is 2. The molecule has 1 N–H and O–H groups in total. The van der Waals surface area contributed by atoms with Crippen LogP contribution in [0.4, 0.5) is 11.4 Å². The van der Waals surface area contributed by atoms with Crippen molar-refractivity contribution in [1.29, 1.82) is 0 Å². The van der Waals surface area contributed by atoms with Gasteiger partial charge in [0.25, 0.3) is 5.69 Å². The topological polar surface area (TPSA) is 64.4 Å². The maximum atomic E-state index is 10.7. The van der Waals surface area contributed by atoms with Gasteiger partial charge in [-0.15, -0.1) is 0 Å². The predicted molar refractivity (Wildman–Crippen MR) is 86.1 cm³/mol. The van der Waals surface area contributed by atoms with Crippen LogP contribution in [-0.2, 0) is 6.54 Å². The van der Waals surface area contributed by atoms with E-state index in [9.17, 15) is 10.1 Å². The van der Waals surface area contributed by atoms with Gasteiger partial charge >= 0.3 is 0 Å². The second kappa shape index (κ2) is 6.78. The Bertz CT molecular complexity index is 679. The fraction of sp³-hybridized carbons (Fsp3) is 0.143. The molecular formula is C14H12BrClN2O3. The molecule has 2 aromatic rings. The average Bonchev–Trinajstić information content (AvgIpc) is 2.46. The fourth-order valence-electron chi connectivity index (χ4n) is 1.77. The number of nitro benzene ring substituents is 1. The second-order valence-electron chi connectivity index (χ2n) is 4.24. The van der Waals surface area contributed by atoms with Gasteiger partial charge in [-0.1, -0.05) is 11.6 Å². The molecule has 0 aliphatic carbocycles. The monoisotopic (exact) mass is 370 g/mol. The average molecular weight is 372 g/mol. The molecule has 0 aliphatic heterocycles. The van der Waals surface area contributed by atoms with Crippen LogP contribution in [0, 0.1) is 10.1 Å². The number of anilines is 1. The smallest absolute Gasteiger partial charge is 0.270 e. The number of hydrogen-bond donors (Lipinski definition) is 1. The van der Waals surface area contributed by atoms with Gasteiger partial charge in [0.2, 0.25) is 0 Å². The first-order valence-corrected chi connectivity index (χ1v) is 7.18. The first-order valence-electron chi connectivity index (χ1n) is 6.01. The van der Waals surface area contributed by atoms with Crippen molar-refractivity contribution in [2.45, 2.75) is 6.54 Å². The molecule has 0 saturated heterocycles. The molecule has 0 amide bonds. The summed E-state index contributed by atoms with van der Waals surface area (Å²) in [6, 6.07) is 10.0. The van der Waals surface area contributed by atoms with E-state index in [1.165, 1.54) is 12.1 Å². The van der Waals surface area contributed by atoms with E-state index in [4.69, 9.17) is 16.3 Å². The minimum atomic E-state index is -0.469. The van der Waals surface area contributed by atoms with Crippen molar-refractivity contribution in [1.82, 2.24) is 0 Å². The van der Waals surface area contributed by atoms with E-state index in [1.807, 2.05) is 18.2 Å². The van der Waals surface area contributed by atoms with Crippen molar-refractivity contribution in [3.8, 4) is 5.75 Å². The quantitative estimate of drug-likeness (QED) is 0.614. The van der Waals surface area contributed by atoms with Crippen LogP contribution in [0.15, 0.2) is 40.9 Å². The molecule has 2 aromatic carbocycles. The van der Waals surface area contributed by atoms with Crippen molar-refractivity contribution < 1.29 is 9.66 Å². The van der Waals surface area contributed by atoms with Crippen molar-refractivity contribution in [2.75, 3.05) is 12.4 Å². The number of non-ortho nitro benzene ring substituents is 1. The largest absolute Gasteiger partial charge is 0.496 e. The Balaban J connectivity index is 2.09. The number of nitrogens with one attached hydrogen (secondary N) is 1. The Morgan fingerprint density at radius 3 is 2.67 bits per heavy atom. The van der Waals surface area contributed by atoms with E-state index in [1.54, 1.807) is 13.2 Å². The number of ether oxygens (including phenoxy) is 1. The first-order chi connectivity index (χ1) is 10.0. The molecule has 21 heavy (non-hydrogen) atoms. The summed E-state index contributed by atoms with van der Waals surface area (Å²) >= 11 is 9.45. The number of nitrogens with zero attached hydrogens (tertiary/aromatic N) is 1. The molecule has 2 rings (SSSR count). The van der Waals surface area contributed by atoms with Gasteiger partial charge in [-0.3, -0.25) is 10.1 Å². The molecule has 0 bridgehead atoms. The molecule has 5 nitrogen and oxygen atoms in total. The van der Waals surface area contributed by atoms with Crippen LogP contribution in [0.3, 0.4) is 0 Å². The van der Waals surface area contributed by atoms with Gasteiger partial charge in [0.05, 0.1) is 21.5 Å². The zero-order valence-electron chi connectivity index (χ0n) is 11.1. The summed E-state index contributed by atoms with van der Waals surface area (Å²) in [6.07, 6.45) is 0. The molecular weight excluding hydrogens is 360 g/mol. The third-order valence-corrected chi connectivity index (χ3v) is 3.85. The predicted octanol–water partition coefficient (Wildman–Crippen LogP) is 4.63. The lowest BCUT2D eigenvalue weighted by Crippen LogP contribution is -2.01. The molecule has 7 heteroatoms. The number of rotatable bonds is 5. The van der Waals surface area contributed by atoms with Crippen molar-refractivity contribution in [3.05, 3.63) is 61.6 Å². The van der Waals surface area contributed by atoms with Crippen LogP contribution in [0.1, 0.15) is 5.56 Å². The second-order valence-corrected chi connectivity index (χ2v) is 5.50. The van der Waals surface area contributed by atoms with Crippen molar-refractivity contribution in [2.24, 2.45) is 0 Å². The van der Waals surface area contributed by atoms with Gasteiger partial charge in [-0.2, -0.15) is 0 Å². The van der Waals surface area contributed by atoms with Crippen LogP contribution < -0.4 is 10.1 Å². The fourth-order valence-corrected chi connectivity index (χ4v) is 2.55. The van der Waals surface area contributed by atoms with Gasteiger partial charge in [0, 0.05) is 24.4 Å². The summed E-state index contributed by atoms with van der Waals surface area (Å²) in [7, 11) is 1.60. The molecule has 0 unspecified atom stereocenters. The van der Waals surface area contributed by atoms with Crippen LogP contribution in [0.25, 0.3) is 0 Å². The highest BCUT2D eigenvalue weighted by Crippen LogP contribution is 2.28. The van der Waals surface area contributed by atoms with Crippen LogP contribution in [0.2, 0.25) is 5.02 Å². The van der Waals surface area contributed by atoms with Crippen LogP contribution >= 0.6 is 27.5 Å². The minimum absolute atomic E-state index is 0.0176. The van der Waals surface area contributed by atoms with E-state index >= 15 is 0 Å². The third kappa shape index (κ3) is 3.86. The molecule has 0 heterocycles. The van der Waals surface area contributed by atoms with E-state index in [0.717, 1.165) is 21.5 Å². The maximum Gasteiger partial charge on any atom is 0.270 e. The Labute approximate surface area is 135 Å². The number of halogens is 2.